The summed E-state index contributed by atoms with van der Waals surface area (Å²) in [5.74, 6) is -0.387. The zero-order valence-corrected chi connectivity index (χ0v) is 12.6. The van der Waals surface area contributed by atoms with Gasteiger partial charge >= 0.3 is 5.97 Å². The fourth-order valence-corrected chi connectivity index (χ4v) is 3.60. The normalized spacial score (nSPS) is 28.1. The maximum absolute atomic E-state index is 12.2. The van der Waals surface area contributed by atoms with E-state index in [0.29, 0.717) is 17.6 Å². The highest BCUT2D eigenvalue weighted by Crippen LogP contribution is 2.34. The molecule has 2 heterocycles. The van der Waals surface area contributed by atoms with E-state index in [1.807, 2.05) is 0 Å². The van der Waals surface area contributed by atoms with Crippen LogP contribution >= 0.6 is 0 Å². The summed E-state index contributed by atoms with van der Waals surface area (Å²) in [7, 11) is 2.16. The molecule has 0 N–H and O–H groups in total. The fourth-order valence-electron chi connectivity index (χ4n) is 3.60. The summed E-state index contributed by atoms with van der Waals surface area (Å²) in [6.07, 6.45) is 5.30. The molecule has 2 bridgehead atoms. The predicted octanol–water partition coefficient (Wildman–Crippen LogP) is 2.77. The van der Waals surface area contributed by atoms with E-state index in [0.717, 1.165) is 12.8 Å². The Bertz CT molecular complexity index is 558. The molecule has 0 aliphatic carbocycles. The standard InChI is InChI=1S/C16H20N2O4/c1-17-13-3-2-4-14(17)10-15(9-13)22-16(19)11-5-7-12(8-6-11)18(20)21/h5-8,13-15H,2-4,9-10H2,1H3/t13-,14+,15-. The smallest absolute Gasteiger partial charge is 0.338 e. The molecule has 0 aromatic heterocycles. The van der Waals surface area contributed by atoms with Gasteiger partial charge in [0.2, 0.25) is 0 Å². The third-order valence-electron chi connectivity index (χ3n) is 4.88. The van der Waals surface area contributed by atoms with Crippen LogP contribution < -0.4 is 0 Å². The highest BCUT2D eigenvalue weighted by atomic mass is 16.6. The lowest BCUT2D eigenvalue weighted by Crippen LogP contribution is -2.52. The third kappa shape index (κ3) is 2.97. The molecule has 0 spiro atoms. The molecular formula is C16H20N2O4. The second-order valence-electron chi connectivity index (χ2n) is 6.21. The number of piperidine rings is 2. The first-order chi connectivity index (χ1) is 10.5. The lowest BCUT2D eigenvalue weighted by Gasteiger charge is -2.46. The molecule has 3 atom stereocenters. The molecule has 2 aliphatic rings. The van der Waals surface area contributed by atoms with Gasteiger partial charge in [-0.25, -0.2) is 4.79 Å². The molecule has 0 amide bonds. The highest BCUT2D eigenvalue weighted by molar-refractivity contribution is 5.89. The molecule has 6 heteroatoms. The average molecular weight is 304 g/mol. The number of hydrogen-bond acceptors (Lipinski definition) is 5. The Kier molecular flexibility index (Phi) is 4.11. The van der Waals surface area contributed by atoms with Crippen molar-refractivity contribution in [1.29, 1.82) is 0 Å². The molecule has 22 heavy (non-hydrogen) atoms. The van der Waals surface area contributed by atoms with Crippen molar-refractivity contribution in [3.63, 3.8) is 0 Å². The van der Waals surface area contributed by atoms with Crippen molar-refractivity contribution in [3.05, 3.63) is 39.9 Å². The molecule has 118 valence electrons. The van der Waals surface area contributed by atoms with Gasteiger partial charge in [-0.1, -0.05) is 6.42 Å². The van der Waals surface area contributed by atoms with Gasteiger partial charge < -0.3 is 9.64 Å². The topological polar surface area (TPSA) is 72.7 Å². The molecule has 0 unspecified atom stereocenters. The number of carbonyl (C=O) groups excluding carboxylic acids is 1. The lowest BCUT2D eigenvalue weighted by atomic mass is 9.83. The zero-order valence-electron chi connectivity index (χ0n) is 12.6. The highest BCUT2D eigenvalue weighted by Gasteiger charge is 2.37. The van der Waals surface area contributed by atoms with E-state index in [2.05, 4.69) is 11.9 Å². The third-order valence-corrected chi connectivity index (χ3v) is 4.88. The van der Waals surface area contributed by atoms with Crippen LogP contribution in [0.25, 0.3) is 0 Å². The van der Waals surface area contributed by atoms with Gasteiger partial charge in [-0.3, -0.25) is 10.1 Å². The summed E-state index contributed by atoms with van der Waals surface area (Å²) in [5.41, 5.74) is 0.347. The fraction of sp³-hybridized carbons (Fsp3) is 0.562. The summed E-state index contributed by atoms with van der Waals surface area (Å²) in [6, 6.07) is 6.58. The van der Waals surface area contributed by atoms with Crippen molar-refractivity contribution in [2.24, 2.45) is 0 Å². The predicted molar refractivity (Wildman–Crippen MR) is 80.7 cm³/mol. The second kappa shape index (κ2) is 6.04. The summed E-state index contributed by atoms with van der Waals surface area (Å²) < 4.78 is 5.63. The second-order valence-corrected chi connectivity index (χ2v) is 6.21. The number of benzene rings is 1. The van der Waals surface area contributed by atoms with E-state index in [1.54, 1.807) is 0 Å². The first-order valence-corrected chi connectivity index (χ1v) is 7.72. The Morgan fingerprint density at radius 1 is 1.23 bits per heavy atom. The Hall–Kier alpha value is -1.95. The molecule has 0 saturated carbocycles. The number of hydrogen-bond donors (Lipinski definition) is 0. The van der Waals surface area contributed by atoms with Crippen LogP contribution in [0.15, 0.2) is 24.3 Å². The summed E-state index contributed by atoms with van der Waals surface area (Å²) >= 11 is 0. The van der Waals surface area contributed by atoms with Crippen molar-refractivity contribution in [3.8, 4) is 0 Å². The first-order valence-electron chi connectivity index (χ1n) is 7.72. The van der Waals surface area contributed by atoms with Gasteiger partial charge in [0.25, 0.3) is 5.69 Å². The SMILES string of the molecule is CN1[C@@H]2CCC[C@H]1C[C@H](OC(=O)c1ccc([N+](=O)[O-])cc1)C2. The molecule has 2 aliphatic heterocycles. The minimum atomic E-state index is -0.479. The number of ether oxygens (including phenoxy) is 1. The van der Waals surface area contributed by atoms with Crippen molar-refractivity contribution in [2.45, 2.75) is 50.3 Å². The lowest BCUT2D eigenvalue weighted by molar-refractivity contribution is -0.384. The van der Waals surface area contributed by atoms with E-state index in [4.69, 9.17) is 4.74 Å². The van der Waals surface area contributed by atoms with Crippen LogP contribution in [0.5, 0.6) is 0 Å². The average Bonchev–Trinajstić information content (AvgIpc) is 2.48. The van der Waals surface area contributed by atoms with Gasteiger partial charge in [-0.05, 0) is 32.0 Å². The van der Waals surface area contributed by atoms with Crippen LogP contribution in [0, 0.1) is 10.1 Å². The minimum Gasteiger partial charge on any atom is -0.459 e. The number of fused-ring (bicyclic) bond motifs is 2. The summed E-state index contributed by atoms with van der Waals surface area (Å²) in [4.78, 5) is 24.8. The maximum Gasteiger partial charge on any atom is 0.338 e. The summed E-state index contributed by atoms with van der Waals surface area (Å²) in [6.45, 7) is 0. The largest absolute Gasteiger partial charge is 0.459 e. The molecule has 3 rings (SSSR count). The molecule has 0 radical (unpaired) electrons. The molecule has 2 fully saturated rings. The number of nitro groups is 1. The molecule has 1 aromatic carbocycles. The monoisotopic (exact) mass is 304 g/mol. The van der Waals surface area contributed by atoms with Gasteiger partial charge in [0.05, 0.1) is 10.5 Å². The number of carbonyl (C=O) groups is 1. The van der Waals surface area contributed by atoms with Crippen LogP contribution in [0.4, 0.5) is 5.69 Å². The van der Waals surface area contributed by atoms with Crippen LogP contribution in [0.1, 0.15) is 42.5 Å². The molecular weight excluding hydrogens is 284 g/mol. The van der Waals surface area contributed by atoms with Gasteiger partial charge in [-0.2, -0.15) is 0 Å². The quantitative estimate of drug-likeness (QED) is 0.488. The minimum absolute atomic E-state index is 0.0228. The van der Waals surface area contributed by atoms with Crippen molar-refractivity contribution >= 4 is 11.7 Å². The van der Waals surface area contributed by atoms with E-state index < -0.39 is 4.92 Å². The Morgan fingerprint density at radius 2 is 1.82 bits per heavy atom. The summed E-state index contributed by atoms with van der Waals surface area (Å²) in [5, 5.41) is 10.6. The van der Waals surface area contributed by atoms with Crippen LogP contribution in [0.3, 0.4) is 0 Å². The number of rotatable bonds is 3. The Morgan fingerprint density at radius 3 is 2.36 bits per heavy atom. The van der Waals surface area contributed by atoms with Crippen molar-refractivity contribution in [2.75, 3.05) is 7.05 Å². The van der Waals surface area contributed by atoms with E-state index in [9.17, 15) is 14.9 Å². The van der Waals surface area contributed by atoms with Gasteiger partial charge in [0, 0.05) is 37.1 Å². The molecule has 1 aromatic rings. The Balaban J connectivity index is 1.63. The van der Waals surface area contributed by atoms with Gasteiger partial charge in [0.15, 0.2) is 0 Å². The maximum atomic E-state index is 12.2. The van der Waals surface area contributed by atoms with E-state index in [-0.39, 0.29) is 17.8 Å². The van der Waals surface area contributed by atoms with Gasteiger partial charge in [-0.15, -0.1) is 0 Å². The van der Waals surface area contributed by atoms with Crippen molar-refractivity contribution < 1.29 is 14.5 Å². The van der Waals surface area contributed by atoms with E-state index >= 15 is 0 Å². The number of nitro benzene ring substituents is 1. The number of non-ortho nitro benzene ring substituents is 1. The Labute approximate surface area is 129 Å². The number of nitrogens with zero attached hydrogens (tertiary/aromatic N) is 2. The van der Waals surface area contributed by atoms with Gasteiger partial charge in [0.1, 0.15) is 6.10 Å². The van der Waals surface area contributed by atoms with Crippen LogP contribution in [0.2, 0.25) is 0 Å². The zero-order chi connectivity index (χ0) is 15.7. The molecule has 2 saturated heterocycles. The molecule has 6 nitrogen and oxygen atoms in total. The van der Waals surface area contributed by atoms with E-state index in [1.165, 1.54) is 43.5 Å². The van der Waals surface area contributed by atoms with Crippen LogP contribution in [-0.4, -0.2) is 41.0 Å². The number of esters is 1. The van der Waals surface area contributed by atoms with Crippen molar-refractivity contribution in [1.82, 2.24) is 4.90 Å². The first kappa shape index (κ1) is 15.0. The van der Waals surface area contributed by atoms with Crippen LogP contribution in [-0.2, 0) is 4.74 Å².